The Kier molecular flexibility index (Phi) is 17.3. The van der Waals surface area contributed by atoms with Crippen LogP contribution in [0.15, 0.2) is 97.3 Å². The van der Waals surface area contributed by atoms with E-state index in [2.05, 4.69) is 61.3 Å². The number of fused-ring (bicyclic) bond motifs is 6. The predicted octanol–water partition coefficient (Wildman–Crippen LogP) is 7.98. The van der Waals surface area contributed by atoms with E-state index in [0.29, 0.717) is 23.5 Å². The van der Waals surface area contributed by atoms with Crippen molar-refractivity contribution in [2.75, 3.05) is 34.5 Å². The van der Waals surface area contributed by atoms with Crippen molar-refractivity contribution in [3.63, 3.8) is 0 Å². The molecule has 4 fully saturated rings. The van der Waals surface area contributed by atoms with Crippen molar-refractivity contribution < 1.29 is 35.9 Å². The molecule has 4 aliphatic carbocycles. The fourth-order valence-electron chi connectivity index (χ4n) is 9.37. The number of anilines is 8. The van der Waals surface area contributed by atoms with Gasteiger partial charge >= 0.3 is 0 Å². The van der Waals surface area contributed by atoms with Gasteiger partial charge in [-0.25, -0.2) is 36.2 Å². The first-order chi connectivity index (χ1) is 37.7. The number of morpholine rings is 2. The van der Waals surface area contributed by atoms with E-state index in [1.807, 2.05) is 126 Å². The van der Waals surface area contributed by atoms with Gasteiger partial charge in [-0.2, -0.15) is 9.97 Å². The minimum Gasteiger partial charge on any atom is -0.366 e. The largest absolute Gasteiger partial charge is 0.366 e. The lowest BCUT2D eigenvalue weighted by Crippen LogP contribution is -2.43. The van der Waals surface area contributed by atoms with E-state index < -0.39 is 20.0 Å². The normalized spacial score (nSPS) is 19.7. The molecule has 78 heavy (non-hydrogen) atoms. The summed E-state index contributed by atoms with van der Waals surface area (Å²) >= 11 is 0. The van der Waals surface area contributed by atoms with Gasteiger partial charge in [-0.15, -0.1) is 0 Å². The van der Waals surface area contributed by atoms with Crippen molar-refractivity contribution in [3.05, 3.63) is 142 Å². The lowest BCUT2D eigenvalue weighted by atomic mass is 10.1. The molecule has 2 aromatic heterocycles. The molecular formula is C56H68N12O8S2. The van der Waals surface area contributed by atoms with Gasteiger partial charge in [0.05, 0.1) is 34.8 Å². The second kappa shape index (κ2) is 24.3. The smallest absolute Gasteiger partial charge is 0.246 e. The number of nitrogens with zero attached hydrogens (tertiary/aromatic N) is 4. The molecule has 20 nitrogen and oxygen atoms in total. The van der Waals surface area contributed by atoms with Crippen LogP contribution in [0.2, 0.25) is 0 Å². The van der Waals surface area contributed by atoms with E-state index in [1.54, 1.807) is 12.4 Å². The number of aromatic nitrogens is 4. The Balaban J connectivity index is 0.000000178. The van der Waals surface area contributed by atoms with Crippen molar-refractivity contribution in [2.45, 2.75) is 128 Å². The Hall–Kier alpha value is -7.08. The highest BCUT2D eigenvalue weighted by molar-refractivity contribution is 7.90. The average Bonchev–Trinajstić information content (AvgIpc) is 4.43. The molecule has 4 atom stereocenters. The van der Waals surface area contributed by atoms with Crippen molar-refractivity contribution in [3.8, 4) is 0 Å². The maximum Gasteiger partial charge on any atom is 0.246 e. The number of carbonyl (C=O) groups is 2. The first-order valence-corrected chi connectivity index (χ1v) is 29.7. The highest BCUT2D eigenvalue weighted by Gasteiger charge is 2.40. The van der Waals surface area contributed by atoms with Gasteiger partial charge in [0, 0.05) is 72.2 Å². The zero-order valence-corrected chi connectivity index (χ0v) is 46.3. The number of benzene rings is 4. The number of carbonyl (C=O) groups excluding carboxylic acids is 2. The number of nitrogens with one attached hydrogen (secondary N) is 8. The van der Waals surface area contributed by atoms with E-state index in [-0.39, 0.29) is 72.9 Å². The van der Waals surface area contributed by atoms with Gasteiger partial charge in [-0.05, 0) is 121 Å². The minimum absolute atomic E-state index is 0.0286. The quantitative estimate of drug-likeness (QED) is 0.0456. The van der Waals surface area contributed by atoms with Crippen molar-refractivity contribution >= 4 is 78.1 Å². The fraction of sp³-hybridized carbons (Fsp3) is 0.393. The fourth-order valence-corrected chi connectivity index (χ4v) is 12.1. The van der Waals surface area contributed by atoms with Crippen LogP contribution in [0.3, 0.4) is 0 Å². The van der Waals surface area contributed by atoms with E-state index in [4.69, 9.17) is 9.47 Å². The molecule has 0 radical (unpaired) electrons. The Labute approximate surface area is 456 Å². The summed E-state index contributed by atoms with van der Waals surface area (Å²) < 4.78 is 64.9. The summed E-state index contributed by atoms with van der Waals surface area (Å²) in [6.45, 7) is 12.6. The summed E-state index contributed by atoms with van der Waals surface area (Å²) in [5.74, 6) is 2.01. The molecule has 4 heterocycles. The number of sulfonamides is 2. The Morgan fingerprint density at radius 1 is 0.526 bits per heavy atom. The highest BCUT2D eigenvalue weighted by Crippen LogP contribution is 2.39. The molecular weight excluding hydrogens is 1030 g/mol. The average molecular weight is 1100 g/mol. The molecule has 0 spiro atoms. The number of aryl methyl sites for hydroxylation is 2. The van der Waals surface area contributed by atoms with Crippen LogP contribution < -0.4 is 41.3 Å². The summed E-state index contributed by atoms with van der Waals surface area (Å²) in [5, 5.41) is 18.8. The first kappa shape index (κ1) is 55.7. The maximum absolute atomic E-state index is 12.0. The van der Waals surface area contributed by atoms with Gasteiger partial charge in [0.25, 0.3) is 0 Å². The molecule has 2 saturated heterocycles. The highest BCUT2D eigenvalue weighted by atomic mass is 32.2. The van der Waals surface area contributed by atoms with Crippen LogP contribution >= 0.6 is 0 Å². The van der Waals surface area contributed by atoms with Gasteiger partial charge in [-0.3, -0.25) is 9.59 Å². The SMILES string of the molecule is CC.CC.Cc1cnc(Nc2ccc3c(c2)[C@@H]2NC(=O)CO[C@@H]2C3)nc1Nc1ccc(CNS(=O)(=O)C2CC2)cc1.Cc1cnc(Nc2ccc3c(c2)[C@H]2NC(=O)CO[C@H]2C3)nc1Nc1ccc(CNS(=O)(=O)C2CC2)cc1. The molecule has 0 bridgehead atoms. The van der Waals surface area contributed by atoms with Crippen LogP contribution in [0.4, 0.5) is 46.3 Å². The standard InChI is InChI=1S/2C26H28N6O4S.2C2H6/c2*1-15-12-27-26(30-19-7-4-17-10-22-24(21(17)11-19)31-23(33)14-36-22)32-25(15)29-18-5-2-16(3-6-18)13-28-37(34,35)20-8-9-20;2*1-2/h2*2-7,11-12,20,22,24,28H,8-10,13-14H2,1H3,(H,31,33)(H2,27,29,30,32);2*1-2H3/t2*22-,24+;;/m10../s1. The van der Waals surface area contributed by atoms with Crippen molar-refractivity contribution in [2.24, 2.45) is 0 Å². The van der Waals surface area contributed by atoms with Crippen LogP contribution in [-0.2, 0) is 65.0 Å². The molecule has 2 saturated carbocycles. The van der Waals surface area contributed by atoms with E-state index in [0.717, 1.165) is 94.7 Å². The zero-order valence-electron chi connectivity index (χ0n) is 44.6. The Morgan fingerprint density at radius 2 is 0.897 bits per heavy atom. The molecule has 8 N–H and O–H groups in total. The molecule has 6 aromatic rings. The van der Waals surface area contributed by atoms with Crippen LogP contribution in [0, 0.1) is 13.8 Å². The topological polar surface area (TPSA) is 269 Å². The van der Waals surface area contributed by atoms with Crippen LogP contribution in [0.5, 0.6) is 0 Å². The van der Waals surface area contributed by atoms with Crippen molar-refractivity contribution in [1.82, 2.24) is 40.0 Å². The number of hydrogen-bond donors (Lipinski definition) is 8. The number of hydrogen-bond acceptors (Lipinski definition) is 16. The summed E-state index contributed by atoms with van der Waals surface area (Å²) in [7, 11) is -6.41. The van der Waals surface area contributed by atoms with E-state index in [9.17, 15) is 26.4 Å². The maximum atomic E-state index is 12.0. The molecule has 2 aliphatic heterocycles. The molecule has 12 rings (SSSR count). The molecule has 22 heteroatoms. The van der Waals surface area contributed by atoms with Crippen LogP contribution in [-0.4, -0.2) is 84.5 Å². The third-order valence-electron chi connectivity index (χ3n) is 13.8. The van der Waals surface area contributed by atoms with Crippen LogP contribution in [0.1, 0.15) is 110 Å². The zero-order chi connectivity index (χ0) is 55.1. The molecule has 4 aromatic carbocycles. The van der Waals surface area contributed by atoms with Crippen LogP contribution in [0.25, 0.3) is 0 Å². The Morgan fingerprint density at radius 3 is 1.27 bits per heavy atom. The second-order valence-electron chi connectivity index (χ2n) is 19.5. The lowest BCUT2D eigenvalue weighted by molar-refractivity contribution is -0.136. The Bertz CT molecular complexity index is 3140. The number of rotatable bonds is 16. The third-order valence-corrected chi connectivity index (χ3v) is 17.6. The van der Waals surface area contributed by atoms with Gasteiger partial charge in [0.15, 0.2) is 0 Å². The summed E-state index contributed by atoms with van der Waals surface area (Å²) in [5.41, 5.74) is 11.3. The summed E-state index contributed by atoms with van der Waals surface area (Å²) in [6.07, 6.45) is 7.97. The summed E-state index contributed by atoms with van der Waals surface area (Å²) in [6, 6.07) is 26.9. The molecule has 0 unspecified atom stereocenters. The monoisotopic (exact) mass is 1100 g/mol. The minimum atomic E-state index is -3.21. The van der Waals surface area contributed by atoms with Gasteiger partial charge in [0.1, 0.15) is 24.8 Å². The van der Waals surface area contributed by atoms with E-state index in [1.165, 1.54) is 11.1 Å². The summed E-state index contributed by atoms with van der Waals surface area (Å²) in [4.78, 5) is 41.8. The van der Waals surface area contributed by atoms with Gasteiger partial charge in [0.2, 0.25) is 43.8 Å². The second-order valence-corrected chi connectivity index (χ2v) is 23.6. The third kappa shape index (κ3) is 13.6. The van der Waals surface area contributed by atoms with E-state index >= 15 is 0 Å². The predicted molar refractivity (Wildman–Crippen MR) is 301 cm³/mol. The van der Waals surface area contributed by atoms with Crippen molar-refractivity contribution in [1.29, 1.82) is 0 Å². The van der Waals surface area contributed by atoms with Gasteiger partial charge < -0.3 is 41.4 Å². The molecule has 6 aliphatic rings. The first-order valence-electron chi connectivity index (χ1n) is 26.7. The number of ether oxygens (including phenoxy) is 2. The number of amides is 2. The lowest BCUT2D eigenvalue weighted by Gasteiger charge is -2.27. The molecule has 2 amide bonds. The van der Waals surface area contributed by atoms with Gasteiger partial charge in [-0.1, -0.05) is 64.1 Å². The molecule has 412 valence electrons.